The topological polar surface area (TPSA) is 85.5 Å². The van der Waals surface area contributed by atoms with Gasteiger partial charge < -0.3 is 14.2 Å². The van der Waals surface area contributed by atoms with Gasteiger partial charge in [0.25, 0.3) is 11.6 Å². The van der Waals surface area contributed by atoms with Crippen LogP contribution in [0.3, 0.4) is 0 Å². The van der Waals surface area contributed by atoms with Crippen molar-refractivity contribution in [1.82, 2.24) is 15.0 Å². The van der Waals surface area contributed by atoms with E-state index in [9.17, 15) is 9.59 Å². The molecule has 0 aliphatic rings. The SMILES string of the molecule is Cc1cc(C(=O)OC(C(=O)N(C)C)c2ccccc2)c2c(C)noc2n1. The van der Waals surface area contributed by atoms with Crippen molar-refractivity contribution in [2.45, 2.75) is 20.0 Å². The van der Waals surface area contributed by atoms with Crippen LogP contribution in [0.15, 0.2) is 40.9 Å². The van der Waals surface area contributed by atoms with E-state index in [0.29, 0.717) is 22.3 Å². The highest BCUT2D eigenvalue weighted by molar-refractivity contribution is 6.04. The lowest BCUT2D eigenvalue weighted by atomic mass is 10.1. The first-order valence-electron chi connectivity index (χ1n) is 8.09. The highest BCUT2D eigenvalue weighted by Crippen LogP contribution is 2.26. The fraction of sp³-hybridized carbons (Fsp3) is 0.263. The second-order valence-corrected chi connectivity index (χ2v) is 6.19. The van der Waals surface area contributed by atoms with Crippen LogP contribution >= 0.6 is 0 Å². The third kappa shape index (κ3) is 3.28. The van der Waals surface area contributed by atoms with Crippen molar-refractivity contribution in [2.75, 3.05) is 14.1 Å². The van der Waals surface area contributed by atoms with E-state index in [0.717, 1.165) is 0 Å². The average molecular weight is 353 g/mol. The second-order valence-electron chi connectivity index (χ2n) is 6.19. The normalized spacial score (nSPS) is 12.0. The van der Waals surface area contributed by atoms with Crippen molar-refractivity contribution < 1.29 is 18.8 Å². The smallest absolute Gasteiger partial charge is 0.340 e. The molecule has 0 aliphatic heterocycles. The predicted molar refractivity (Wildman–Crippen MR) is 94.6 cm³/mol. The van der Waals surface area contributed by atoms with Gasteiger partial charge in [-0.05, 0) is 19.9 Å². The number of rotatable bonds is 4. The Morgan fingerprint density at radius 1 is 1.15 bits per heavy atom. The summed E-state index contributed by atoms with van der Waals surface area (Å²) in [5.41, 5.74) is 2.28. The fourth-order valence-electron chi connectivity index (χ4n) is 2.67. The van der Waals surface area contributed by atoms with Crippen molar-refractivity contribution in [3.63, 3.8) is 0 Å². The van der Waals surface area contributed by atoms with E-state index >= 15 is 0 Å². The number of aryl methyl sites for hydroxylation is 2. The number of carbonyl (C=O) groups excluding carboxylic acids is 2. The molecular weight excluding hydrogens is 334 g/mol. The Hall–Kier alpha value is -3.22. The third-order valence-electron chi connectivity index (χ3n) is 3.96. The summed E-state index contributed by atoms with van der Waals surface area (Å²) in [6.45, 7) is 3.47. The quantitative estimate of drug-likeness (QED) is 0.671. The molecule has 7 nitrogen and oxygen atoms in total. The van der Waals surface area contributed by atoms with Crippen LogP contribution in [0.1, 0.15) is 33.4 Å². The molecular formula is C19H19N3O4. The maximum atomic E-state index is 12.9. The molecule has 1 aromatic carbocycles. The van der Waals surface area contributed by atoms with Gasteiger partial charge in [-0.25, -0.2) is 9.78 Å². The molecule has 0 N–H and O–H groups in total. The van der Waals surface area contributed by atoms with Gasteiger partial charge in [-0.3, -0.25) is 4.79 Å². The molecule has 0 radical (unpaired) electrons. The number of amides is 1. The summed E-state index contributed by atoms with van der Waals surface area (Å²) in [4.78, 5) is 31.1. The molecule has 3 aromatic rings. The molecule has 1 amide bonds. The van der Waals surface area contributed by atoms with Gasteiger partial charge >= 0.3 is 5.97 Å². The van der Waals surface area contributed by atoms with Gasteiger partial charge in [0, 0.05) is 25.4 Å². The molecule has 2 aromatic heterocycles. The molecule has 2 heterocycles. The molecule has 1 unspecified atom stereocenters. The number of hydrogen-bond acceptors (Lipinski definition) is 6. The maximum absolute atomic E-state index is 12.9. The number of fused-ring (bicyclic) bond motifs is 1. The second kappa shape index (κ2) is 6.95. The molecule has 7 heteroatoms. The molecule has 0 saturated carbocycles. The van der Waals surface area contributed by atoms with E-state index in [4.69, 9.17) is 9.26 Å². The molecule has 26 heavy (non-hydrogen) atoms. The molecule has 0 aliphatic carbocycles. The molecule has 134 valence electrons. The Morgan fingerprint density at radius 3 is 2.50 bits per heavy atom. The van der Waals surface area contributed by atoms with E-state index in [1.807, 2.05) is 6.07 Å². The highest BCUT2D eigenvalue weighted by atomic mass is 16.5. The van der Waals surface area contributed by atoms with Gasteiger partial charge in [0.1, 0.15) is 0 Å². The van der Waals surface area contributed by atoms with Gasteiger partial charge in [0.05, 0.1) is 16.6 Å². The van der Waals surface area contributed by atoms with Crippen LogP contribution in [0.4, 0.5) is 0 Å². The zero-order valence-electron chi connectivity index (χ0n) is 15.0. The van der Waals surface area contributed by atoms with Crippen molar-refractivity contribution >= 4 is 23.0 Å². The Morgan fingerprint density at radius 2 is 1.85 bits per heavy atom. The average Bonchev–Trinajstić information content (AvgIpc) is 2.99. The number of esters is 1. The number of carbonyl (C=O) groups is 2. The standard InChI is InChI=1S/C19H19N3O4/c1-11-10-14(15-12(2)21-26-17(15)20-11)19(24)25-16(18(23)22(3)4)13-8-6-5-7-9-13/h5-10,16H,1-4H3. The highest BCUT2D eigenvalue weighted by Gasteiger charge is 2.28. The first kappa shape index (κ1) is 17.6. The zero-order valence-corrected chi connectivity index (χ0v) is 15.0. The van der Waals surface area contributed by atoms with Gasteiger partial charge in [-0.1, -0.05) is 35.5 Å². The summed E-state index contributed by atoms with van der Waals surface area (Å²) in [5.74, 6) is -0.954. The monoisotopic (exact) mass is 353 g/mol. The van der Waals surface area contributed by atoms with Gasteiger partial charge in [0.15, 0.2) is 0 Å². The molecule has 0 fully saturated rings. The van der Waals surface area contributed by atoms with Gasteiger partial charge in [-0.15, -0.1) is 0 Å². The van der Waals surface area contributed by atoms with E-state index in [2.05, 4.69) is 10.1 Å². The van der Waals surface area contributed by atoms with Crippen molar-refractivity contribution in [2.24, 2.45) is 0 Å². The van der Waals surface area contributed by atoms with Crippen LogP contribution < -0.4 is 0 Å². The van der Waals surface area contributed by atoms with E-state index in [-0.39, 0.29) is 17.2 Å². The number of ether oxygens (including phenoxy) is 1. The third-order valence-corrected chi connectivity index (χ3v) is 3.96. The molecule has 0 bridgehead atoms. The molecule has 0 spiro atoms. The van der Waals surface area contributed by atoms with Crippen molar-refractivity contribution in [1.29, 1.82) is 0 Å². The minimum atomic E-state index is -1.04. The van der Waals surface area contributed by atoms with Crippen molar-refractivity contribution in [3.8, 4) is 0 Å². The summed E-state index contributed by atoms with van der Waals surface area (Å²) in [6.07, 6.45) is -1.04. The Balaban J connectivity index is 2.01. The summed E-state index contributed by atoms with van der Waals surface area (Å²) in [7, 11) is 3.23. The maximum Gasteiger partial charge on any atom is 0.340 e. The summed E-state index contributed by atoms with van der Waals surface area (Å²) in [5, 5.41) is 4.35. The number of hydrogen-bond donors (Lipinski definition) is 0. The molecule has 0 saturated heterocycles. The zero-order chi connectivity index (χ0) is 18.8. The van der Waals surface area contributed by atoms with Gasteiger partial charge in [0.2, 0.25) is 6.10 Å². The van der Waals surface area contributed by atoms with E-state index < -0.39 is 12.1 Å². The predicted octanol–water partition coefficient (Wildman–Crippen LogP) is 2.83. The number of likely N-dealkylation sites (N-methyl/N-ethyl adjacent to an activating group) is 1. The number of benzene rings is 1. The van der Waals surface area contributed by atoms with Crippen LogP contribution in [0.5, 0.6) is 0 Å². The lowest BCUT2D eigenvalue weighted by Crippen LogP contribution is -2.31. The summed E-state index contributed by atoms with van der Waals surface area (Å²) >= 11 is 0. The van der Waals surface area contributed by atoms with Gasteiger partial charge in [-0.2, -0.15) is 0 Å². The first-order chi connectivity index (χ1) is 12.4. The minimum absolute atomic E-state index is 0.268. The minimum Gasteiger partial charge on any atom is -0.444 e. The largest absolute Gasteiger partial charge is 0.444 e. The lowest BCUT2D eigenvalue weighted by molar-refractivity contribution is -0.138. The Bertz CT molecular complexity index is 964. The van der Waals surface area contributed by atoms with Crippen LogP contribution in [0, 0.1) is 13.8 Å². The van der Waals surface area contributed by atoms with Crippen LogP contribution in [-0.4, -0.2) is 41.0 Å². The summed E-state index contributed by atoms with van der Waals surface area (Å²) in [6, 6.07) is 10.5. The lowest BCUT2D eigenvalue weighted by Gasteiger charge is -2.21. The van der Waals surface area contributed by atoms with E-state index in [1.165, 1.54) is 4.90 Å². The summed E-state index contributed by atoms with van der Waals surface area (Å²) < 4.78 is 10.8. The number of nitrogens with zero attached hydrogens (tertiary/aromatic N) is 3. The molecule has 3 rings (SSSR count). The number of aromatic nitrogens is 2. The van der Waals surface area contributed by atoms with Crippen LogP contribution in [-0.2, 0) is 9.53 Å². The Kier molecular flexibility index (Phi) is 4.71. The van der Waals surface area contributed by atoms with Crippen molar-refractivity contribution in [3.05, 3.63) is 58.9 Å². The molecule has 1 atom stereocenters. The Labute approximate surface area is 150 Å². The number of pyridine rings is 1. The first-order valence-corrected chi connectivity index (χ1v) is 8.09. The van der Waals surface area contributed by atoms with Crippen LogP contribution in [0.25, 0.3) is 11.1 Å². The van der Waals surface area contributed by atoms with Crippen LogP contribution in [0.2, 0.25) is 0 Å². The van der Waals surface area contributed by atoms with E-state index in [1.54, 1.807) is 58.3 Å². The fourth-order valence-corrected chi connectivity index (χ4v) is 2.67.